The number of halogens is 2. The highest BCUT2D eigenvalue weighted by Crippen LogP contribution is 2.41. The van der Waals surface area contributed by atoms with Crippen molar-refractivity contribution < 1.29 is 14.3 Å². The van der Waals surface area contributed by atoms with Crippen LogP contribution in [0.4, 0.5) is 4.79 Å². The zero-order valence-corrected chi connectivity index (χ0v) is 17.8. The topological polar surface area (TPSA) is 70.4 Å². The lowest BCUT2D eigenvalue weighted by Gasteiger charge is -2.48. The van der Waals surface area contributed by atoms with Crippen LogP contribution < -0.4 is 0 Å². The van der Waals surface area contributed by atoms with E-state index in [9.17, 15) is 14.9 Å². The van der Waals surface area contributed by atoms with Gasteiger partial charge in [0, 0.05) is 11.6 Å². The Bertz CT molecular complexity index is 719. The molecule has 140 valence electrons. The minimum Gasteiger partial charge on any atom is -0.465 e. The summed E-state index contributed by atoms with van der Waals surface area (Å²) in [7, 11) is -1.90. The molecule has 1 aliphatic rings. The molecule has 0 saturated carbocycles. The van der Waals surface area contributed by atoms with Gasteiger partial charge in [-0.25, -0.2) is 0 Å². The Balaban J connectivity index is 2.16. The van der Waals surface area contributed by atoms with Crippen LogP contribution >= 0.6 is 23.2 Å². The molecule has 1 heterocycles. The summed E-state index contributed by atoms with van der Waals surface area (Å²) in [6.45, 7) is 5.71. The lowest BCUT2D eigenvalue weighted by atomic mass is 10.0. The normalized spacial score (nSPS) is 22.1. The quantitative estimate of drug-likeness (QED) is 0.542. The number of ether oxygens (including phenoxy) is 1. The van der Waals surface area contributed by atoms with Gasteiger partial charge in [-0.1, -0.05) is 23.7 Å². The molecule has 0 atom stereocenters. The van der Waals surface area contributed by atoms with Gasteiger partial charge in [0.15, 0.2) is 8.80 Å². The number of nitriles is 1. The van der Waals surface area contributed by atoms with E-state index in [2.05, 4.69) is 6.07 Å². The van der Waals surface area contributed by atoms with Crippen molar-refractivity contribution >= 4 is 43.5 Å². The molecule has 26 heavy (non-hydrogen) atoms. The minimum atomic E-state index is -1.90. The predicted molar refractivity (Wildman–Crippen MR) is 104 cm³/mol. The van der Waals surface area contributed by atoms with Crippen molar-refractivity contribution in [1.82, 2.24) is 4.90 Å². The van der Waals surface area contributed by atoms with Crippen LogP contribution in [-0.2, 0) is 16.1 Å². The number of carbonyl (C=O) groups excluding carboxylic acids is 2. The molecule has 1 amide bonds. The van der Waals surface area contributed by atoms with E-state index in [4.69, 9.17) is 27.9 Å². The standard InChI is InChI=1S/C18H22Cl2N2O3Si/c1-17(2,3)25-16(24)26-11-18(10-21,12-26)22(15(23)8-19)9-13-4-6-14(20)7-5-13/h4-7,26H,8-9,11-12H2,1-3H3. The first-order chi connectivity index (χ1) is 12.1. The van der Waals surface area contributed by atoms with E-state index in [1.165, 1.54) is 4.90 Å². The lowest BCUT2D eigenvalue weighted by molar-refractivity contribution is -0.133. The van der Waals surface area contributed by atoms with Crippen molar-refractivity contribution in [3.05, 3.63) is 34.9 Å². The van der Waals surface area contributed by atoms with Crippen LogP contribution in [0.25, 0.3) is 0 Å². The van der Waals surface area contributed by atoms with E-state index in [1.54, 1.807) is 12.1 Å². The van der Waals surface area contributed by atoms with E-state index >= 15 is 0 Å². The number of rotatable bonds is 5. The van der Waals surface area contributed by atoms with Crippen LogP contribution in [0.3, 0.4) is 0 Å². The molecule has 1 aromatic rings. The SMILES string of the molecule is CC(C)(C)OC(=O)[SiH]1CC(C#N)(N(Cc2ccc(Cl)cc2)C(=O)CCl)C1. The van der Waals surface area contributed by atoms with Crippen molar-refractivity contribution in [2.45, 2.75) is 50.5 Å². The van der Waals surface area contributed by atoms with Gasteiger partial charge in [0.2, 0.25) is 5.91 Å². The number of alkyl halides is 1. The molecule has 1 aromatic carbocycles. The van der Waals surface area contributed by atoms with Gasteiger partial charge in [-0.15, -0.1) is 11.6 Å². The maximum atomic E-state index is 12.4. The first-order valence-corrected chi connectivity index (χ1v) is 11.5. The maximum Gasteiger partial charge on any atom is 0.268 e. The van der Waals surface area contributed by atoms with E-state index in [0.717, 1.165) is 5.56 Å². The first-order valence-electron chi connectivity index (χ1n) is 8.35. The van der Waals surface area contributed by atoms with E-state index in [-0.39, 0.29) is 23.9 Å². The molecule has 1 saturated heterocycles. The van der Waals surface area contributed by atoms with Gasteiger partial charge >= 0.3 is 0 Å². The second kappa shape index (κ2) is 7.99. The lowest BCUT2D eigenvalue weighted by Crippen LogP contribution is -2.63. The molecule has 2 rings (SSSR count). The Hall–Kier alpha value is -1.55. The predicted octanol–water partition coefficient (Wildman–Crippen LogP) is 3.93. The maximum absolute atomic E-state index is 12.4. The van der Waals surface area contributed by atoms with Gasteiger partial charge in [0.25, 0.3) is 5.59 Å². The second-order valence-electron chi connectivity index (χ2n) is 7.52. The molecule has 0 aliphatic carbocycles. The highest BCUT2D eigenvalue weighted by Gasteiger charge is 2.55. The Morgan fingerprint density at radius 1 is 1.31 bits per heavy atom. The van der Waals surface area contributed by atoms with E-state index < -0.39 is 19.9 Å². The van der Waals surface area contributed by atoms with Gasteiger partial charge in [-0.2, -0.15) is 5.26 Å². The van der Waals surface area contributed by atoms with Crippen molar-refractivity contribution in [2.24, 2.45) is 0 Å². The second-order valence-corrected chi connectivity index (χ2v) is 10.9. The van der Waals surface area contributed by atoms with Crippen molar-refractivity contribution in [2.75, 3.05) is 5.88 Å². The number of hydrogen-bond donors (Lipinski definition) is 0. The number of carbonyl (C=O) groups is 2. The average Bonchev–Trinajstić information content (AvgIpc) is 2.52. The Labute approximate surface area is 165 Å². The zero-order chi connectivity index (χ0) is 19.5. The molecule has 0 N–H and O–H groups in total. The summed E-state index contributed by atoms with van der Waals surface area (Å²) in [5, 5.41) is 10.4. The molecule has 0 unspecified atom stereocenters. The summed E-state index contributed by atoms with van der Waals surface area (Å²) in [4.78, 5) is 26.2. The molecule has 1 fully saturated rings. The highest BCUT2D eigenvalue weighted by molar-refractivity contribution is 6.91. The number of benzene rings is 1. The monoisotopic (exact) mass is 412 g/mol. The number of amides is 1. The average molecular weight is 413 g/mol. The number of hydrogen-bond acceptors (Lipinski definition) is 4. The summed E-state index contributed by atoms with van der Waals surface area (Å²) >= 11 is 11.7. The summed E-state index contributed by atoms with van der Waals surface area (Å²) in [6, 6.07) is 10.1. The molecule has 0 spiro atoms. The Kier molecular flexibility index (Phi) is 6.38. The third kappa shape index (κ3) is 4.79. The van der Waals surface area contributed by atoms with Crippen LogP contribution in [0.5, 0.6) is 0 Å². The minimum absolute atomic E-state index is 0.201. The molecular weight excluding hydrogens is 391 g/mol. The fourth-order valence-corrected chi connectivity index (χ4v) is 6.26. The van der Waals surface area contributed by atoms with Gasteiger partial charge in [0.1, 0.15) is 17.0 Å². The summed E-state index contributed by atoms with van der Waals surface area (Å²) < 4.78 is 5.45. The Morgan fingerprint density at radius 2 is 1.88 bits per heavy atom. The third-order valence-electron chi connectivity index (χ3n) is 4.30. The summed E-state index contributed by atoms with van der Waals surface area (Å²) in [5.74, 6) is -0.532. The van der Waals surface area contributed by atoms with E-state index in [0.29, 0.717) is 17.1 Å². The fraction of sp³-hybridized carbons (Fsp3) is 0.500. The molecule has 5 nitrogen and oxygen atoms in total. The molecule has 8 heteroatoms. The summed E-state index contributed by atoms with van der Waals surface area (Å²) in [6.07, 6.45) is 0. The van der Waals surface area contributed by atoms with Crippen molar-refractivity contribution in [3.8, 4) is 6.07 Å². The summed E-state index contributed by atoms with van der Waals surface area (Å²) in [5.41, 5.74) is -0.887. The molecule has 0 bridgehead atoms. The van der Waals surface area contributed by atoms with Gasteiger partial charge in [-0.05, 0) is 50.6 Å². The fourth-order valence-electron chi connectivity index (χ4n) is 3.00. The van der Waals surface area contributed by atoms with Crippen LogP contribution in [0.2, 0.25) is 17.1 Å². The molecular formula is C18H22Cl2N2O3Si. The largest absolute Gasteiger partial charge is 0.465 e. The molecule has 0 radical (unpaired) electrons. The van der Waals surface area contributed by atoms with Crippen LogP contribution in [0, 0.1) is 11.3 Å². The zero-order valence-electron chi connectivity index (χ0n) is 15.1. The van der Waals surface area contributed by atoms with Crippen molar-refractivity contribution in [1.29, 1.82) is 5.26 Å². The third-order valence-corrected chi connectivity index (χ3v) is 7.90. The molecule has 0 aromatic heterocycles. The van der Waals surface area contributed by atoms with E-state index in [1.807, 2.05) is 32.9 Å². The van der Waals surface area contributed by atoms with Crippen LogP contribution in [0.15, 0.2) is 24.3 Å². The number of nitrogens with zero attached hydrogens (tertiary/aromatic N) is 2. The van der Waals surface area contributed by atoms with Gasteiger partial charge < -0.3 is 9.64 Å². The van der Waals surface area contributed by atoms with Crippen molar-refractivity contribution in [3.63, 3.8) is 0 Å². The molecule has 1 aliphatic heterocycles. The Morgan fingerprint density at radius 3 is 2.35 bits per heavy atom. The van der Waals surface area contributed by atoms with Crippen LogP contribution in [0.1, 0.15) is 26.3 Å². The first kappa shape index (κ1) is 20.8. The van der Waals surface area contributed by atoms with Gasteiger partial charge in [-0.3, -0.25) is 9.59 Å². The smallest absolute Gasteiger partial charge is 0.268 e. The highest BCUT2D eigenvalue weighted by atomic mass is 35.5. The van der Waals surface area contributed by atoms with Crippen LogP contribution in [-0.4, -0.2) is 42.2 Å². The van der Waals surface area contributed by atoms with Gasteiger partial charge in [0.05, 0.1) is 6.07 Å².